The first-order valence-corrected chi connectivity index (χ1v) is 9.15. The minimum Gasteiger partial charge on any atom is -0.354 e. The lowest BCUT2D eigenvalue weighted by Gasteiger charge is -2.21. The fourth-order valence-electron chi connectivity index (χ4n) is 2.70. The van der Waals surface area contributed by atoms with Crippen molar-refractivity contribution < 1.29 is 13.2 Å². The SMILES string of the molecule is CCN(CC)CCCC(C)NC(=NC)NCc1cccc(C(F)(F)F)c1. The number of guanidine groups is 1. The fourth-order valence-corrected chi connectivity index (χ4v) is 2.70. The summed E-state index contributed by atoms with van der Waals surface area (Å²) in [6, 6.07) is 5.57. The predicted octanol–water partition coefficient (Wildman–Crippen LogP) is 3.88. The summed E-state index contributed by atoms with van der Waals surface area (Å²) < 4.78 is 38.3. The summed E-state index contributed by atoms with van der Waals surface area (Å²) in [5.74, 6) is 0.595. The number of nitrogens with zero attached hydrogens (tertiary/aromatic N) is 2. The van der Waals surface area contributed by atoms with Crippen molar-refractivity contribution in [2.75, 3.05) is 26.7 Å². The molecule has 0 aliphatic heterocycles. The maximum atomic E-state index is 12.8. The van der Waals surface area contributed by atoms with Gasteiger partial charge in [0.1, 0.15) is 0 Å². The van der Waals surface area contributed by atoms with Crippen molar-refractivity contribution >= 4 is 5.96 Å². The summed E-state index contributed by atoms with van der Waals surface area (Å²) in [4.78, 5) is 6.53. The van der Waals surface area contributed by atoms with Gasteiger partial charge in [0.05, 0.1) is 5.56 Å². The number of hydrogen-bond acceptors (Lipinski definition) is 2. The molecule has 2 N–H and O–H groups in total. The predicted molar refractivity (Wildman–Crippen MR) is 101 cm³/mol. The summed E-state index contributed by atoms with van der Waals surface area (Å²) in [6.45, 7) is 9.86. The first-order valence-electron chi connectivity index (χ1n) is 9.15. The second-order valence-corrected chi connectivity index (χ2v) is 6.34. The highest BCUT2D eigenvalue weighted by Gasteiger charge is 2.30. The molecule has 0 radical (unpaired) electrons. The van der Waals surface area contributed by atoms with Gasteiger partial charge in [0.25, 0.3) is 0 Å². The van der Waals surface area contributed by atoms with Crippen molar-refractivity contribution in [3.63, 3.8) is 0 Å². The fraction of sp³-hybridized carbons (Fsp3) is 0.632. The molecule has 0 aliphatic rings. The van der Waals surface area contributed by atoms with E-state index in [4.69, 9.17) is 0 Å². The molecule has 0 fully saturated rings. The molecule has 0 bridgehead atoms. The molecule has 0 heterocycles. The number of rotatable bonds is 9. The molecular weight excluding hydrogens is 341 g/mol. The van der Waals surface area contributed by atoms with Gasteiger partial charge in [-0.25, -0.2) is 0 Å². The Morgan fingerprint density at radius 3 is 2.50 bits per heavy atom. The first kappa shape index (κ1) is 22.3. The van der Waals surface area contributed by atoms with Crippen LogP contribution >= 0.6 is 0 Å². The third-order valence-corrected chi connectivity index (χ3v) is 4.33. The van der Waals surface area contributed by atoms with Gasteiger partial charge in [0.2, 0.25) is 0 Å². The standard InChI is InChI=1S/C19H31F3N4/c1-5-26(6-2)12-8-9-15(3)25-18(23-4)24-14-16-10-7-11-17(13-16)19(20,21)22/h7,10-11,13,15H,5-6,8-9,12,14H2,1-4H3,(H2,23,24,25). The molecule has 0 saturated carbocycles. The molecule has 0 aromatic heterocycles. The summed E-state index contributed by atoms with van der Waals surface area (Å²) >= 11 is 0. The van der Waals surface area contributed by atoms with E-state index in [9.17, 15) is 13.2 Å². The highest BCUT2D eigenvalue weighted by molar-refractivity contribution is 5.79. The van der Waals surface area contributed by atoms with Crippen LogP contribution in [-0.4, -0.2) is 43.6 Å². The Morgan fingerprint density at radius 1 is 1.23 bits per heavy atom. The molecule has 148 valence electrons. The van der Waals surface area contributed by atoms with Crippen molar-refractivity contribution in [1.82, 2.24) is 15.5 Å². The molecule has 1 aromatic carbocycles. The van der Waals surface area contributed by atoms with Gasteiger partial charge in [0.15, 0.2) is 5.96 Å². The van der Waals surface area contributed by atoms with Crippen molar-refractivity contribution in [3.05, 3.63) is 35.4 Å². The largest absolute Gasteiger partial charge is 0.416 e. The van der Waals surface area contributed by atoms with E-state index in [-0.39, 0.29) is 12.6 Å². The van der Waals surface area contributed by atoms with Crippen molar-refractivity contribution in [2.45, 2.75) is 52.4 Å². The molecule has 1 rings (SSSR count). The summed E-state index contributed by atoms with van der Waals surface area (Å²) in [5, 5.41) is 6.37. The second-order valence-electron chi connectivity index (χ2n) is 6.34. The zero-order valence-corrected chi connectivity index (χ0v) is 16.2. The van der Waals surface area contributed by atoms with E-state index >= 15 is 0 Å². The molecule has 0 spiro atoms. The van der Waals surface area contributed by atoms with Gasteiger partial charge in [-0.05, 0) is 57.1 Å². The minimum atomic E-state index is -4.32. The zero-order chi connectivity index (χ0) is 19.6. The molecule has 26 heavy (non-hydrogen) atoms. The Morgan fingerprint density at radius 2 is 1.92 bits per heavy atom. The van der Waals surface area contributed by atoms with E-state index in [0.717, 1.165) is 44.6 Å². The van der Waals surface area contributed by atoms with Gasteiger partial charge in [0, 0.05) is 19.6 Å². The lowest BCUT2D eigenvalue weighted by atomic mass is 10.1. The Kier molecular flexibility index (Phi) is 9.48. The van der Waals surface area contributed by atoms with Crippen LogP contribution in [0.5, 0.6) is 0 Å². The molecular formula is C19H31F3N4. The third kappa shape index (κ3) is 8.08. The van der Waals surface area contributed by atoms with Gasteiger partial charge in [-0.3, -0.25) is 4.99 Å². The van der Waals surface area contributed by atoms with E-state index in [1.807, 2.05) is 0 Å². The van der Waals surface area contributed by atoms with Gasteiger partial charge in [-0.2, -0.15) is 13.2 Å². The van der Waals surface area contributed by atoms with Crippen molar-refractivity contribution in [2.24, 2.45) is 4.99 Å². The minimum absolute atomic E-state index is 0.235. The summed E-state index contributed by atoms with van der Waals surface area (Å²) in [5.41, 5.74) is -0.0681. The molecule has 1 aromatic rings. The molecule has 4 nitrogen and oxygen atoms in total. The van der Waals surface area contributed by atoms with Gasteiger partial charge < -0.3 is 15.5 Å². The number of alkyl halides is 3. The third-order valence-electron chi connectivity index (χ3n) is 4.33. The highest BCUT2D eigenvalue weighted by atomic mass is 19.4. The second kappa shape index (κ2) is 11.1. The Balaban J connectivity index is 2.46. The molecule has 0 aliphatic carbocycles. The van der Waals surface area contributed by atoms with Crippen LogP contribution in [0.4, 0.5) is 13.2 Å². The van der Waals surface area contributed by atoms with Crippen LogP contribution in [-0.2, 0) is 12.7 Å². The van der Waals surface area contributed by atoms with E-state index in [0.29, 0.717) is 11.5 Å². The Bertz CT molecular complexity index is 554. The number of nitrogens with one attached hydrogen (secondary N) is 2. The van der Waals surface area contributed by atoms with E-state index in [1.54, 1.807) is 13.1 Å². The van der Waals surface area contributed by atoms with Gasteiger partial charge in [-0.15, -0.1) is 0 Å². The van der Waals surface area contributed by atoms with Crippen LogP contribution in [0.1, 0.15) is 44.7 Å². The van der Waals surface area contributed by atoms with Crippen LogP contribution in [0.3, 0.4) is 0 Å². The Hall–Kier alpha value is -1.76. The summed E-state index contributed by atoms with van der Waals surface area (Å²) in [7, 11) is 1.66. The van der Waals surface area contributed by atoms with Crippen molar-refractivity contribution in [3.8, 4) is 0 Å². The topological polar surface area (TPSA) is 39.7 Å². The molecule has 0 amide bonds. The number of hydrogen-bond donors (Lipinski definition) is 2. The average molecular weight is 372 g/mol. The molecule has 0 saturated heterocycles. The normalized spacial score (nSPS) is 13.8. The smallest absolute Gasteiger partial charge is 0.354 e. The Labute approximate surface area is 154 Å². The molecule has 1 atom stereocenters. The van der Waals surface area contributed by atoms with Gasteiger partial charge >= 0.3 is 6.18 Å². The lowest BCUT2D eigenvalue weighted by Crippen LogP contribution is -2.42. The quantitative estimate of drug-likeness (QED) is 0.510. The van der Waals surface area contributed by atoms with E-state index in [2.05, 4.69) is 41.3 Å². The van der Waals surface area contributed by atoms with Crippen molar-refractivity contribution in [1.29, 1.82) is 0 Å². The first-order chi connectivity index (χ1) is 12.3. The van der Waals surface area contributed by atoms with Crippen LogP contribution in [0.2, 0.25) is 0 Å². The number of benzene rings is 1. The van der Waals surface area contributed by atoms with E-state index in [1.165, 1.54) is 6.07 Å². The summed E-state index contributed by atoms with van der Waals surface area (Å²) in [6.07, 6.45) is -2.24. The van der Waals surface area contributed by atoms with Crippen LogP contribution in [0.25, 0.3) is 0 Å². The number of halogens is 3. The monoisotopic (exact) mass is 372 g/mol. The number of aliphatic imine (C=N–C) groups is 1. The molecule has 1 unspecified atom stereocenters. The molecule has 7 heteroatoms. The average Bonchev–Trinajstić information content (AvgIpc) is 2.61. The van der Waals surface area contributed by atoms with E-state index < -0.39 is 11.7 Å². The van der Waals surface area contributed by atoms with Gasteiger partial charge in [-0.1, -0.05) is 26.0 Å². The maximum Gasteiger partial charge on any atom is 0.416 e. The highest BCUT2D eigenvalue weighted by Crippen LogP contribution is 2.29. The van der Waals surface area contributed by atoms with Crippen LogP contribution in [0.15, 0.2) is 29.3 Å². The van der Waals surface area contributed by atoms with Crippen LogP contribution in [0, 0.1) is 0 Å². The van der Waals surface area contributed by atoms with Crippen LogP contribution < -0.4 is 10.6 Å². The zero-order valence-electron chi connectivity index (χ0n) is 16.2. The maximum absolute atomic E-state index is 12.8. The lowest BCUT2D eigenvalue weighted by molar-refractivity contribution is -0.137.